The van der Waals surface area contributed by atoms with Gasteiger partial charge < -0.3 is 10.1 Å². The van der Waals surface area contributed by atoms with Gasteiger partial charge in [0.2, 0.25) is 10.0 Å². The predicted octanol–water partition coefficient (Wildman–Crippen LogP) is 2.88. The summed E-state index contributed by atoms with van der Waals surface area (Å²) < 4.78 is 31.1. The number of carbonyl (C=O) groups excluding carboxylic acids is 1. The van der Waals surface area contributed by atoms with Crippen molar-refractivity contribution in [2.24, 2.45) is 0 Å². The highest BCUT2D eigenvalue weighted by Crippen LogP contribution is 2.23. The van der Waals surface area contributed by atoms with Crippen LogP contribution in [0.5, 0.6) is 5.75 Å². The van der Waals surface area contributed by atoms with Crippen molar-refractivity contribution in [3.05, 3.63) is 53.1 Å². The highest BCUT2D eigenvalue weighted by molar-refractivity contribution is 7.89. The third-order valence-corrected chi connectivity index (χ3v) is 5.83. The van der Waals surface area contributed by atoms with Gasteiger partial charge in [0.15, 0.2) is 6.61 Å². The van der Waals surface area contributed by atoms with Crippen LogP contribution in [-0.4, -0.2) is 39.3 Å². The van der Waals surface area contributed by atoms with Gasteiger partial charge in [-0.15, -0.1) is 0 Å². The van der Waals surface area contributed by atoms with E-state index in [1.807, 2.05) is 26.8 Å². The molecule has 1 amide bonds. The molecule has 0 saturated heterocycles. The van der Waals surface area contributed by atoms with E-state index >= 15 is 0 Å². The molecular formula is C19H24N2O4S. The summed E-state index contributed by atoms with van der Waals surface area (Å²) in [6.07, 6.45) is 0. The van der Waals surface area contributed by atoms with Crippen LogP contribution in [0.25, 0.3) is 0 Å². The molecule has 0 aliphatic rings. The standard InChI is InChI=1S/C19H24N2O4S/c1-13-9-14(2)15(3)18(10-13)25-12-19(22)20-16-7-6-8-17(11-16)26(23,24)21(4)5/h6-11H,12H2,1-5H3,(H,20,22). The molecular weight excluding hydrogens is 352 g/mol. The predicted molar refractivity (Wildman–Crippen MR) is 102 cm³/mol. The van der Waals surface area contributed by atoms with E-state index in [0.717, 1.165) is 21.0 Å². The summed E-state index contributed by atoms with van der Waals surface area (Å²) in [5.41, 5.74) is 3.55. The summed E-state index contributed by atoms with van der Waals surface area (Å²) in [4.78, 5) is 12.3. The summed E-state index contributed by atoms with van der Waals surface area (Å²) >= 11 is 0. The van der Waals surface area contributed by atoms with E-state index in [4.69, 9.17) is 4.74 Å². The Labute approximate surface area is 154 Å². The maximum Gasteiger partial charge on any atom is 0.262 e. The molecule has 1 N–H and O–H groups in total. The lowest BCUT2D eigenvalue weighted by atomic mass is 10.1. The molecule has 0 spiro atoms. The second-order valence-electron chi connectivity index (χ2n) is 6.36. The van der Waals surface area contributed by atoms with E-state index in [0.29, 0.717) is 11.4 Å². The summed E-state index contributed by atoms with van der Waals surface area (Å²) in [5.74, 6) is 0.310. The number of rotatable bonds is 6. The van der Waals surface area contributed by atoms with Gasteiger partial charge in [0.05, 0.1) is 4.90 Å². The number of benzene rings is 2. The Morgan fingerprint density at radius 1 is 1.12 bits per heavy atom. The van der Waals surface area contributed by atoms with Crippen molar-refractivity contribution in [3.63, 3.8) is 0 Å². The fourth-order valence-corrected chi connectivity index (χ4v) is 3.38. The fraction of sp³-hybridized carbons (Fsp3) is 0.316. The van der Waals surface area contributed by atoms with Crippen LogP contribution in [0.4, 0.5) is 5.69 Å². The molecule has 0 aliphatic heterocycles. The van der Waals surface area contributed by atoms with Gasteiger partial charge in [-0.2, -0.15) is 0 Å². The lowest BCUT2D eigenvalue weighted by Gasteiger charge is -2.14. The highest BCUT2D eigenvalue weighted by atomic mass is 32.2. The van der Waals surface area contributed by atoms with Crippen LogP contribution in [0.15, 0.2) is 41.3 Å². The maximum atomic E-state index is 12.2. The SMILES string of the molecule is Cc1cc(C)c(C)c(OCC(=O)Nc2cccc(S(=O)(=O)N(C)C)c2)c1. The summed E-state index contributed by atoms with van der Waals surface area (Å²) in [5, 5.41) is 2.67. The first-order valence-corrected chi connectivity index (χ1v) is 9.58. The Bertz CT molecular complexity index is 921. The van der Waals surface area contributed by atoms with Crippen LogP contribution < -0.4 is 10.1 Å². The Morgan fingerprint density at radius 3 is 2.46 bits per heavy atom. The number of aryl methyl sites for hydroxylation is 2. The Hall–Kier alpha value is -2.38. The molecule has 0 heterocycles. The molecule has 2 aromatic carbocycles. The number of nitrogens with one attached hydrogen (secondary N) is 1. The maximum absolute atomic E-state index is 12.2. The zero-order valence-corrected chi connectivity index (χ0v) is 16.5. The van der Waals surface area contributed by atoms with Crippen molar-refractivity contribution in [3.8, 4) is 5.75 Å². The Kier molecular flexibility index (Phi) is 6.05. The average Bonchev–Trinajstić information content (AvgIpc) is 2.56. The van der Waals surface area contributed by atoms with Crippen LogP contribution in [0.3, 0.4) is 0 Å². The number of carbonyl (C=O) groups is 1. The van der Waals surface area contributed by atoms with E-state index in [1.165, 1.54) is 26.2 Å². The number of anilines is 1. The number of nitrogens with zero attached hydrogens (tertiary/aromatic N) is 1. The third kappa shape index (κ3) is 4.62. The monoisotopic (exact) mass is 376 g/mol. The molecule has 0 aliphatic carbocycles. The first-order valence-electron chi connectivity index (χ1n) is 8.14. The molecule has 2 aromatic rings. The quantitative estimate of drug-likeness (QED) is 0.841. The van der Waals surface area contributed by atoms with Gasteiger partial charge in [-0.05, 0) is 61.7 Å². The number of amides is 1. The van der Waals surface area contributed by atoms with Gasteiger partial charge in [-0.25, -0.2) is 12.7 Å². The van der Waals surface area contributed by atoms with Gasteiger partial charge in [0.25, 0.3) is 5.91 Å². The van der Waals surface area contributed by atoms with Crippen LogP contribution in [-0.2, 0) is 14.8 Å². The molecule has 140 valence electrons. The summed E-state index contributed by atoms with van der Waals surface area (Å²) in [7, 11) is -0.637. The van der Waals surface area contributed by atoms with Crippen molar-refractivity contribution in [1.29, 1.82) is 0 Å². The van der Waals surface area contributed by atoms with E-state index in [-0.39, 0.29) is 17.4 Å². The lowest BCUT2D eigenvalue weighted by molar-refractivity contribution is -0.118. The van der Waals surface area contributed by atoms with E-state index in [9.17, 15) is 13.2 Å². The molecule has 26 heavy (non-hydrogen) atoms. The number of hydrogen-bond acceptors (Lipinski definition) is 4. The van der Waals surface area contributed by atoms with Crippen LogP contribution in [0.1, 0.15) is 16.7 Å². The minimum atomic E-state index is -3.55. The van der Waals surface area contributed by atoms with Crippen molar-refractivity contribution in [2.45, 2.75) is 25.7 Å². The van der Waals surface area contributed by atoms with Crippen LogP contribution in [0, 0.1) is 20.8 Å². The molecule has 6 nitrogen and oxygen atoms in total. The van der Waals surface area contributed by atoms with E-state index in [1.54, 1.807) is 12.1 Å². The van der Waals surface area contributed by atoms with Crippen molar-refractivity contribution >= 4 is 21.6 Å². The smallest absolute Gasteiger partial charge is 0.262 e. The molecule has 7 heteroatoms. The summed E-state index contributed by atoms with van der Waals surface area (Å²) in [6.45, 7) is 5.74. The molecule has 0 fully saturated rings. The van der Waals surface area contributed by atoms with Crippen molar-refractivity contribution < 1.29 is 17.9 Å². The molecule has 0 bridgehead atoms. The van der Waals surface area contributed by atoms with E-state index < -0.39 is 10.0 Å². The zero-order valence-electron chi connectivity index (χ0n) is 15.7. The highest BCUT2D eigenvalue weighted by Gasteiger charge is 2.17. The summed E-state index contributed by atoms with van der Waals surface area (Å²) in [6, 6.07) is 10.1. The molecule has 0 unspecified atom stereocenters. The van der Waals surface area contributed by atoms with Gasteiger partial charge in [-0.3, -0.25) is 4.79 Å². The fourth-order valence-electron chi connectivity index (χ4n) is 2.44. The Morgan fingerprint density at radius 2 is 1.81 bits per heavy atom. The lowest BCUT2D eigenvalue weighted by Crippen LogP contribution is -2.23. The first-order chi connectivity index (χ1) is 12.1. The normalized spacial score (nSPS) is 11.5. The second kappa shape index (κ2) is 7.88. The van der Waals surface area contributed by atoms with Gasteiger partial charge in [-0.1, -0.05) is 12.1 Å². The van der Waals surface area contributed by atoms with Crippen molar-refractivity contribution in [2.75, 3.05) is 26.0 Å². The second-order valence-corrected chi connectivity index (χ2v) is 8.51. The molecule has 2 rings (SSSR count). The largest absolute Gasteiger partial charge is 0.483 e. The molecule has 0 atom stereocenters. The zero-order chi connectivity index (χ0) is 19.5. The first kappa shape index (κ1) is 19.9. The average molecular weight is 376 g/mol. The Balaban J connectivity index is 2.07. The number of hydrogen-bond donors (Lipinski definition) is 1. The van der Waals surface area contributed by atoms with Gasteiger partial charge in [0.1, 0.15) is 5.75 Å². The minimum absolute atomic E-state index is 0.117. The molecule has 0 saturated carbocycles. The third-order valence-electron chi connectivity index (χ3n) is 4.02. The van der Waals surface area contributed by atoms with Gasteiger partial charge in [0, 0.05) is 19.8 Å². The molecule has 0 aromatic heterocycles. The van der Waals surface area contributed by atoms with E-state index in [2.05, 4.69) is 11.4 Å². The number of ether oxygens (including phenoxy) is 1. The van der Waals surface area contributed by atoms with Gasteiger partial charge >= 0.3 is 0 Å². The number of sulfonamides is 1. The van der Waals surface area contributed by atoms with Crippen LogP contribution in [0.2, 0.25) is 0 Å². The van der Waals surface area contributed by atoms with Crippen molar-refractivity contribution in [1.82, 2.24) is 4.31 Å². The molecule has 0 radical (unpaired) electrons. The topological polar surface area (TPSA) is 75.7 Å². The van der Waals surface area contributed by atoms with Crippen LogP contribution >= 0.6 is 0 Å². The minimum Gasteiger partial charge on any atom is -0.483 e.